The molecule has 152 valence electrons. The van der Waals surface area contributed by atoms with Crippen LogP contribution in [-0.2, 0) is 17.9 Å². The topological polar surface area (TPSA) is 45.7 Å². The lowest BCUT2D eigenvalue weighted by atomic mass is 10.1. The number of ether oxygens (including phenoxy) is 1. The summed E-state index contributed by atoms with van der Waals surface area (Å²) in [5, 5.41) is 0.712. The SMILES string of the molecule is O=C1C2CC(CN2Cc2ccc(Cl)cc2)Oc2ccccc2N1Cc1ccccn1. The summed E-state index contributed by atoms with van der Waals surface area (Å²) in [6, 6.07) is 21.1. The van der Waals surface area contributed by atoms with E-state index in [1.54, 1.807) is 6.20 Å². The first-order valence-corrected chi connectivity index (χ1v) is 10.5. The van der Waals surface area contributed by atoms with Gasteiger partial charge in [0, 0.05) is 30.7 Å². The summed E-state index contributed by atoms with van der Waals surface area (Å²) >= 11 is 6.03. The number of benzene rings is 2. The van der Waals surface area contributed by atoms with Crippen molar-refractivity contribution in [2.24, 2.45) is 0 Å². The molecule has 2 aliphatic heterocycles. The molecule has 1 fully saturated rings. The highest BCUT2D eigenvalue weighted by Gasteiger charge is 2.42. The number of halogens is 1. The van der Waals surface area contributed by atoms with Crippen molar-refractivity contribution in [2.45, 2.75) is 31.7 Å². The summed E-state index contributed by atoms with van der Waals surface area (Å²) in [5.74, 6) is 0.839. The first-order valence-electron chi connectivity index (χ1n) is 10.1. The number of likely N-dealkylation sites (tertiary alicyclic amines) is 1. The van der Waals surface area contributed by atoms with Gasteiger partial charge in [-0.3, -0.25) is 14.7 Å². The van der Waals surface area contributed by atoms with Crippen LogP contribution in [0.2, 0.25) is 5.02 Å². The highest BCUT2D eigenvalue weighted by Crippen LogP contribution is 2.37. The summed E-state index contributed by atoms with van der Waals surface area (Å²) in [6.07, 6.45) is 2.42. The fraction of sp³-hybridized carbons (Fsp3) is 0.250. The van der Waals surface area contributed by atoms with Crippen LogP contribution in [0.3, 0.4) is 0 Å². The molecule has 30 heavy (non-hydrogen) atoms. The number of aromatic nitrogens is 1. The van der Waals surface area contributed by atoms with Crippen molar-refractivity contribution >= 4 is 23.2 Å². The van der Waals surface area contributed by atoms with Crippen molar-refractivity contribution < 1.29 is 9.53 Å². The first kappa shape index (κ1) is 19.1. The van der Waals surface area contributed by atoms with Crippen LogP contribution in [0.4, 0.5) is 5.69 Å². The molecule has 6 heteroatoms. The van der Waals surface area contributed by atoms with E-state index in [0.29, 0.717) is 31.1 Å². The minimum atomic E-state index is -0.234. The normalized spacial score (nSPS) is 21.0. The van der Waals surface area contributed by atoms with Crippen molar-refractivity contribution in [1.82, 2.24) is 9.88 Å². The number of rotatable bonds is 4. The van der Waals surface area contributed by atoms with Gasteiger partial charge in [-0.2, -0.15) is 0 Å². The van der Waals surface area contributed by atoms with Crippen LogP contribution >= 0.6 is 11.6 Å². The van der Waals surface area contributed by atoms with Crippen LogP contribution < -0.4 is 9.64 Å². The lowest BCUT2D eigenvalue weighted by molar-refractivity contribution is -0.123. The Balaban J connectivity index is 1.48. The third-order valence-corrected chi connectivity index (χ3v) is 5.96. The van der Waals surface area contributed by atoms with E-state index in [4.69, 9.17) is 16.3 Å². The first-order chi connectivity index (χ1) is 14.7. The highest BCUT2D eigenvalue weighted by molar-refractivity contribution is 6.30. The van der Waals surface area contributed by atoms with Gasteiger partial charge in [0.2, 0.25) is 5.91 Å². The van der Waals surface area contributed by atoms with E-state index in [1.807, 2.05) is 71.6 Å². The smallest absolute Gasteiger partial charge is 0.244 e. The van der Waals surface area contributed by atoms with Crippen LogP contribution in [-0.4, -0.2) is 34.5 Å². The van der Waals surface area contributed by atoms with Gasteiger partial charge in [-0.05, 0) is 42.0 Å². The van der Waals surface area contributed by atoms with Crippen molar-refractivity contribution in [2.75, 3.05) is 11.4 Å². The maximum Gasteiger partial charge on any atom is 0.244 e. The van der Waals surface area contributed by atoms with Crippen molar-refractivity contribution in [3.8, 4) is 5.75 Å². The van der Waals surface area contributed by atoms with Crippen LogP contribution in [0, 0.1) is 0 Å². The molecule has 0 spiro atoms. The second-order valence-electron chi connectivity index (χ2n) is 7.76. The number of anilines is 1. The molecule has 2 bridgehead atoms. The second kappa shape index (κ2) is 8.09. The zero-order valence-electron chi connectivity index (χ0n) is 16.4. The van der Waals surface area contributed by atoms with E-state index in [0.717, 1.165) is 22.7 Å². The summed E-state index contributed by atoms with van der Waals surface area (Å²) in [5.41, 5.74) is 2.78. The van der Waals surface area contributed by atoms with E-state index >= 15 is 0 Å². The van der Waals surface area contributed by atoms with Crippen LogP contribution in [0.1, 0.15) is 17.7 Å². The van der Waals surface area contributed by atoms with E-state index in [1.165, 1.54) is 0 Å². The average molecular weight is 420 g/mol. The summed E-state index contributed by atoms with van der Waals surface area (Å²) in [6.45, 7) is 1.81. The molecule has 1 amide bonds. The molecule has 1 aromatic heterocycles. The Morgan fingerprint density at radius 2 is 1.80 bits per heavy atom. The number of carbonyl (C=O) groups is 1. The largest absolute Gasteiger partial charge is 0.487 e. The van der Waals surface area contributed by atoms with Gasteiger partial charge >= 0.3 is 0 Å². The second-order valence-corrected chi connectivity index (χ2v) is 8.20. The third-order valence-electron chi connectivity index (χ3n) is 5.71. The molecule has 0 radical (unpaired) electrons. The fourth-order valence-corrected chi connectivity index (χ4v) is 4.40. The van der Waals surface area contributed by atoms with Gasteiger partial charge in [0.15, 0.2) is 0 Å². The lowest BCUT2D eigenvalue weighted by Crippen LogP contribution is -2.45. The maximum absolute atomic E-state index is 13.8. The molecule has 5 nitrogen and oxygen atoms in total. The van der Waals surface area contributed by atoms with E-state index in [9.17, 15) is 4.79 Å². The van der Waals surface area contributed by atoms with E-state index in [2.05, 4.69) is 9.88 Å². The zero-order chi connectivity index (χ0) is 20.5. The Bertz CT molecular complexity index is 1040. The number of carbonyl (C=O) groups excluding carboxylic acids is 1. The van der Waals surface area contributed by atoms with Crippen LogP contribution in [0.15, 0.2) is 72.9 Å². The number of para-hydroxylation sites is 2. The quantitative estimate of drug-likeness (QED) is 0.632. The molecule has 2 unspecified atom stereocenters. The number of fused-ring (bicyclic) bond motifs is 3. The molecule has 2 aliphatic rings. The molecule has 2 aromatic carbocycles. The number of hydrogen-bond donors (Lipinski definition) is 0. The Morgan fingerprint density at radius 1 is 1.00 bits per heavy atom. The maximum atomic E-state index is 13.8. The molecule has 0 N–H and O–H groups in total. The minimum absolute atomic E-state index is 0.00981. The van der Waals surface area contributed by atoms with Crippen molar-refractivity contribution in [1.29, 1.82) is 0 Å². The van der Waals surface area contributed by atoms with Gasteiger partial charge in [-0.15, -0.1) is 0 Å². The molecule has 1 saturated heterocycles. The van der Waals surface area contributed by atoms with Gasteiger partial charge in [0.05, 0.1) is 24.0 Å². The predicted molar refractivity (Wildman–Crippen MR) is 117 cm³/mol. The summed E-state index contributed by atoms with van der Waals surface area (Å²) in [4.78, 5) is 22.2. The Morgan fingerprint density at radius 3 is 2.60 bits per heavy atom. The highest BCUT2D eigenvalue weighted by atomic mass is 35.5. The molecular formula is C24H22ClN3O2. The number of amides is 1. The molecular weight excluding hydrogens is 398 g/mol. The molecule has 0 aliphatic carbocycles. The molecule has 0 saturated carbocycles. The number of pyridine rings is 1. The van der Waals surface area contributed by atoms with Crippen LogP contribution in [0.5, 0.6) is 5.75 Å². The molecule has 3 heterocycles. The summed E-state index contributed by atoms with van der Waals surface area (Å²) in [7, 11) is 0. The van der Waals surface area contributed by atoms with Crippen molar-refractivity contribution in [3.63, 3.8) is 0 Å². The Labute approximate surface area is 180 Å². The van der Waals surface area contributed by atoms with E-state index in [-0.39, 0.29) is 18.1 Å². The average Bonchev–Trinajstić information content (AvgIpc) is 3.17. The molecule has 2 atom stereocenters. The van der Waals surface area contributed by atoms with Gasteiger partial charge in [0.25, 0.3) is 0 Å². The van der Waals surface area contributed by atoms with Gasteiger partial charge in [0.1, 0.15) is 11.9 Å². The van der Waals surface area contributed by atoms with E-state index < -0.39 is 0 Å². The minimum Gasteiger partial charge on any atom is -0.487 e. The standard InChI is InChI=1S/C24H22ClN3O2/c25-18-10-8-17(9-11-18)14-27-16-20-13-22(27)24(29)28(15-19-5-3-4-12-26-19)21-6-1-2-7-23(21)30-20/h1-12,20,22H,13-16H2. The fourth-order valence-electron chi connectivity index (χ4n) is 4.28. The summed E-state index contributed by atoms with van der Waals surface area (Å²) < 4.78 is 6.35. The number of nitrogens with zero attached hydrogens (tertiary/aromatic N) is 3. The van der Waals surface area contributed by atoms with Gasteiger partial charge in [-0.1, -0.05) is 41.9 Å². The Kier molecular flexibility index (Phi) is 5.15. The van der Waals surface area contributed by atoms with Gasteiger partial charge in [-0.25, -0.2) is 0 Å². The monoisotopic (exact) mass is 419 g/mol. The van der Waals surface area contributed by atoms with Crippen LogP contribution in [0.25, 0.3) is 0 Å². The third kappa shape index (κ3) is 3.78. The zero-order valence-corrected chi connectivity index (χ0v) is 17.2. The van der Waals surface area contributed by atoms with Crippen molar-refractivity contribution in [3.05, 3.63) is 89.2 Å². The lowest BCUT2D eigenvalue weighted by Gasteiger charge is -2.31. The number of hydrogen-bond acceptors (Lipinski definition) is 4. The van der Waals surface area contributed by atoms with Gasteiger partial charge < -0.3 is 9.64 Å². The molecule has 3 aromatic rings. The Hall–Kier alpha value is -2.89. The molecule has 5 rings (SSSR count). The predicted octanol–water partition coefficient (Wildman–Crippen LogP) is 4.30.